The average molecular weight is 337 g/mol. The van der Waals surface area contributed by atoms with Crippen LogP contribution in [0.15, 0.2) is 61.1 Å². The summed E-state index contributed by atoms with van der Waals surface area (Å²) in [6.45, 7) is 0. The number of aromatic nitrogens is 3. The third kappa shape index (κ3) is 3.12. The van der Waals surface area contributed by atoms with Crippen molar-refractivity contribution in [1.29, 1.82) is 0 Å². The minimum absolute atomic E-state index is 0.300. The van der Waals surface area contributed by atoms with Crippen LogP contribution in [0.5, 0.6) is 0 Å². The van der Waals surface area contributed by atoms with Crippen LogP contribution >= 0.6 is 0 Å². The van der Waals surface area contributed by atoms with Crippen molar-refractivity contribution < 1.29 is 8.78 Å². The summed E-state index contributed by atoms with van der Waals surface area (Å²) < 4.78 is 26.1. The molecule has 7 heteroatoms. The molecule has 0 fully saturated rings. The third-order valence-corrected chi connectivity index (χ3v) is 3.70. The number of H-pyrrole nitrogens is 1. The molecule has 0 spiro atoms. The van der Waals surface area contributed by atoms with Gasteiger partial charge < -0.3 is 15.6 Å². The van der Waals surface area contributed by atoms with Crippen molar-refractivity contribution in [3.05, 3.63) is 72.7 Å². The molecule has 3 N–H and O–H groups in total. The van der Waals surface area contributed by atoms with Gasteiger partial charge in [-0.05, 0) is 48.5 Å². The molecule has 124 valence electrons. The van der Waals surface area contributed by atoms with Crippen LogP contribution in [0.1, 0.15) is 0 Å². The minimum Gasteiger partial charge on any atom is -0.354 e. The first-order valence-electron chi connectivity index (χ1n) is 7.56. The summed E-state index contributed by atoms with van der Waals surface area (Å²) in [6.07, 6.45) is 3.20. The molecule has 4 aromatic rings. The number of nitrogens with one attached hydrogen (secondary N) is 3. The van der Waals surface area contributed by atoms with Gasteiger partial charge in [0.05, 0.1) is 11.1 Å². The summed E-state index contributed by atoms with van der Waals surface area (Å²) in [5.41, 5.74) is 2.82. The van der Waals surface area contributed by atoms with Gasteiger partial charge in [-0.2, -0.15) is 0 Å². The molecule has 0 bridgehead atoms. The maximum Gasteiger partial charge on any atom is 0.145 e. The van der Waals surface area contributed by atoms with Gasteiger partial charge in [0.1, 0.15) is 29.4 Å². The standard InChI is InChI=1S/C18H13F2N5/c19-11-1-5-13(6-2-11)24-15-9-21-17-16(15)18(23-10-22-17)25-14-7-3-12(20)4-8-14/h1-10,24H,(H2,21,22,23,25). The maximum atomic E-state index is 13.1. The van der Waals surface area contributed by atoms with Crippen molar-refractivity contribution >= 4 is 33.9 Å². The van der Waals surface area contributed by atoms with Crippen LogP contribution in [-0.2, 0) is 0 Å². The number of rotatable bonds is 4. The van der Waals surface area contributed by atoms with Gasteiger partial charge in [0.15, 0.2) is 0 Å². The van der Waals surface area contributed by atoms with Gasteiger partial charge in [0.25, 0.3) is 0 Å². The van der Waals surface area contributed by atoms with E-state index in [1.807, 2.05) is 0 Å². The Bertz CT molecular complexity index is 1010. The van der Waals surface area contributed by atoms with Crippen molar-refractivity contribution in [3.63, 3.8) is 0 Å². The van der Waals surface area contributed by atoms with Crippen LogP contribution in [-0.4, -0.2) is 15.0 Å². The van der Waals surface area contributed by atoms with Crippen LogP contribution in [0.4, 0.5) is 31.7 Å². The number of aromatic amines is 1. The summed E-state index contributed by atoms with van der Waals surface area (Å²) in [7, 11) is 0. The molecule has 0 aliphatic rings. The Kier molecular flexibility index (Phi) is 3.74. The topological polar surface area (TPSA) is 65.6 Å². The van der Waals surface area contributed by atoms with Crippen LogP contribution in [0.25, 0.3) is 11.0 Å². The molecular weight excluding hydrogens is 324 g/mol. The quantitative estimate of drug-likeness (QED) is 0.504. The summed E-state index contributed by atoms with van der Waals surface area (Å²) in [5.74, 6) is -0.0346. The molecule has 0 radical (unpaired) electrons. The first-order chi connectivity index (χ1) is 12.2. The van der Waals surface area contributed by atoms with E-state index in [2.05, 4.69) is 25.6 Å². The second-order valence-corrected chi connectivity index (χ2v) is 5.41. The highest BCUT2D eigenvalue weighted by Crippen LogP contribution is 2.31. The lowest BCUT2D eigenvalue weighted by Crippen LogP contribution is -1.97. The van der Waals surface area contributed by atoms with Crippen LogP contribution in [0.3, 0.4) is 0 Å². The lowest BCUT2D eigenvalue weighted by molar-refractivity contribution is 0.627. The predicted molar refractivity (Wildman–Crippen MR) is 93.3 cm³/mol. The predicted octanol–water partition coefficient (Wildman–Crippen LogP) is 4.72. The second-order valence-electron chi connectivity index (χ2n) is 5.41. The van der Waals surface area contributed by atoms with E-state index in [4.69, 9.17) is 0 Å². The number of hydrogen-bond donors (Lipinski definition) is 3. The zero-order chi connectivity index (χ0) is 17.2. The summed E-state index contributed by atoms with van der Waals surface area (Å²) in [5, 5.41) is 7.12. The lowest BCUT2D eigenvalue weighted by atomic mass is 10.2. The first kappa shape index (κ1) is 15.1. The summed E-state index contributed by atoms with van der Waals surface area (Å²) in [6, 6.07) is 12.0. The molecule has 4 rings (SSSR count). The van der Waals surface area contributed by atoms with Crippen LogP contribution in [0, 0.1) is 11.6 Å². The van der Waals surface area contributed by atoms with Gasteiger partial charge in [0.2, 0.25) is 0 Å². The molecule has 0 saturated heterocycles. The molecule has 0 aliphatic heterocycles. The van der Waals surface area contributed by atoms with E-state index in [1.54, 1.807) is 30.5 Å². The maximum absolute atomic E-state index is 13.1. The van der Waals surface area contributed by atoms with Crippen molar-refractivity contribution in [2.24, 2.45) is 0 Å². The van der Waals surface area contributed by atoms with E-state index >= 15 is 0 Å². The first-order valence-corrected chi connectivity index (χ1v) is 7.56. The van der Waals surface area contributed by atoms with Gasteiger partial charge >= 0.3 is 0 Å². The molecule has 0 unspecified atom stereocenters. The molecule has 0 amide bonds. The number of benzene rings is 2. The van der Waals surface area contributed by atoms with Crippen LogP contribution in [0.2, 0.25) is 0 Å². The molecule has 0 saturated carbocycles. The fourth-order valence-electron chi connectivity index (χ4n) is 2.51. The van der Waals surface area contributed by atoms with Gasteiger partial charge in [-0.25, -0.2) is 18.7 Å². The summed E-state index contributed by atoms with van der Waals surface area (Å²) >= 11 is 0. The van der Waals surface area contributed by atoms with Gasteiger partial charge in [-0.1, -0.05) is 0 Å². The molecule has 0 atom stereocenters. The normalized spacial score (nSPS) is 10.8. The zero-order valence-electron chi connectivity index (χ0n) is 12.9. The Morgan fingerprint density at radius 3 is 2.00 bits per heavy atom. The third-order valence-electron chi connectivity index (χ3n) is 3.70. The molecule has 2 aromatic carbocycles. The van der Waals surface area contributed by atoms with Crippen molar-refractivity contribution in [2.75, 3.05) is 10.6 Å². The highest BCUT2D eigenvalue weighted by molar-refractivity contribution is 6.00. The smallest absolute Gasteiger partial charge is 0.145 e. The van der Waals surface area contributed by atoms with Crippen molar-refractivity contribution in [1.82, 2.24) is 15.0 Å². The Morgan fingerprint density at radius 1 is 0.760 bits per heavy atom. The van der Waals surface area contributed by atoms with Crippen molar-refractivity contribution in [2.45, 2.75) is 0 Å². The highest BCUT2D eigenvalue weighted by atomic mass is 19.1. The Labute approximate surface area is 141 Å². The van der Waals surface area contributed by atoms with Gasteiger partial charge in [-0.15, -0.1) is 0 Å². The molecular formula is C18H13F2N5. The number of anilines is 4. The molecule has 25 heavy (non-hydrogen) atoms. The van der Waals surface area contributed by atoms with E-state index in [9.17, 15) is 8.78 Å². The van der Waals surface area contributed by atoms with Gasteiger partial charge in [0, 0.05) is 17.6 Å². The van der Waals surface area contributed by atoms with E-state index in [0.717, 1.165) is 16.8 Å². The Hall–Kier alpha value is -3.48. The summed E-state index contributed by atoms with van der Waals surface area (Å²) in [4.78, 5) is 11.6. The van der Waals surface area contributed by atoms with E-state index in [0.29, 0.717) is 17.2 Å². The minimum atomic E-state index is -0.307. The highest BCUT2D eigenvalue weighted by Gasteiger charge is 2.12. The molecule has 0 aliphatic carbocycles. The number of fused-ring (bicyclic) bond motifs is 1. The zero-order valence-corrected chi connectivity index (χ0v) is 12.9. The Balaban J connectivity index is 1.71. The largest absolute Gasteiger partial charge is 0.354 e. The molecule has 2 heterocycles. The van der Waals surface area contributed by atoms with E-state index in [1.165, 1.54) is 30.6 Å². The second kappa shape index (κ2) is 6.20. The monoisotopic (exact) mass is 337 g/mol. The van der Waals surface area contributed by atoms with E-state index in [-0.39, 0.29) is 11.6 Å². The fraction of sp³-hybridized carbons (Fsp3) is 0. The lowest BCUT2D eigenvalue weighted by Gasteiger charge is -2.09. The fourth-order valence-corrected chi connectivity index (χ4v) is 2.51. The number of hydrogen-bond acceptors (Lipinski definition) is 4. The van der Waals surface area contributed by atoms with E-state index < -0.39 is 0 Å². The average Bonchev–Trinajstić information content (AvgIpc) is 3.03. The number of nitrogens with zero attached hydrogens (tertiary/aromatic N) is 2. The Morgan fingerprint density at radius 2 is 1.36 bits per heavy atom. The number of halogens is 2. The van der Waals surface area contributed by atoms with Crippen molar-refractivity contribution in [3.8, 4) is 0 Å². The molecule has 5 nitrogen and oxygen atoms in total. The van der Waals surface area contributed by atoms with Gasteiger partial charge in [-0.3, -0.25) is 0 Å². The van der Waals surface area contributed by atoms with Crippen LogP contribution < -0.4 is 10.6 Å². The molecule has 2 aromatic heterocycles. The SMILES string of the molecule is Fc1ccc(Nc2c[nH]c3ncnc(Nc4ccc(F)cc4)c23)cc1.